The summed E-state index contributed by atoms with van der Waals surface area (Å²) >= 11 is 0. The molecule has 0 aliphatic heterocycles. The topological polar surface area (TPSA) is 61.8 Å². The molecule has 0 aliphatic carbocycles. The molecule has 0 rings (SSSR count). The SMILES string of the molecule is CCCCCCCCCCCCCCCCCCO[P+](=O)O[P+](=O)OCCCCCCCCCCCCCCCCCC.[Ca]. The molecule has 0 N–H and O–H groups in total. The molecule has 0 fully saturated rings. The first-order valence-corrected chi connectivity index (χ1v) is 21.3. The van der Waals surface area contributed by atoms with Crippen molar-refractivity contribution in [3.8, 4) is 0 Å². The van der Waals surface area contributed by atoms with E-state index < -0.39 is 16.5 Å². The van der Waals surface area contributed by atoms with Gasteiger partial charge in [0.2, 0.25) is 0 Å². The average Bonchev–Trinajstić information content (AvgIpc) is 3.00. The molecule has 2 unspecified atom stereocenters. The van der Waals surface area contributed by atoms with Gasteiger partial charge in [0, 0.05) is 46.9 Å². The molecule has 0 aromatic heterocycles. The van der Waals surface area contributed by atoms with Crippen LogP contribution in [0.1, 0.15) is 219 Å². The molecule has 0 spiro atoms. The second-order valence-electron chi connectivity index (χ2n) is 12.8. The molecule has 2 atom stereocenters. The van der Waals surface area contributed by atoms with Gasteiger partial charge in [-0.25, -0.2) is 0 Å². The molecule has 0 saturated heterocycles. The van der Waals surface area contributed by atoms with E-state index in [-0.39, 0.29) is 37.7 Å². The van der Waals surface area contributed by atoms with Gasteiger partial charge >= 0.3 is 16.5 Å². The predicted octanol–water partition coefficient (Wildman–Crippen LogP) is 14.5. The fraction of sp³-hybridized carbons (Fsp3) is 1.00. The Balaban J connectivity index is 0. The minimum Gasteiger partial charge on any atom is -0.116 e. The molecule has 2 radical (unpaired) electrons. The second-order valence-corrected chi connectivity index (χ2v) is 14.9. The Hall–Kier alpha value is 1.34. The molecule has 0 aromatic carbocycles. The Labute approximate surface area is 307 Å². The van der Waals surface area contributed by atoms with Crippen LogP contribution in [0.2, 0.25) is 0 Å². The van der Waals surface area contributed by atoms with Crippen molar-refractivity contribution < 1.29 is 22.5 Å². The Morgan fingerprint density at radius 2 is 0.500 bits per heavy atom. The molecule has 0 saturated carbocycles. The van der Waals surface area contributed by atoms with Crippen LogP contribution in [0.5, 0.6) is 0 Å². The van der Waals surface area contributed by atoms with Gasteiger partial charge in [-0.05, 0) is 12.8 Å². The summed E-state index contributed by atoms with van der Waals surface area (Å²) in [5.74, 6) is 0. The largest absolute Gasteiger partial charge is 0.747 e. The van der Waals surface area contributed by atoms with Gasteiger partial charge in [-0.3, -0.25) is 0 Å². The van der Waals surface area contributed by atoms with Crippen molar-refractivity contribution in [1.82, 2.24) is 0 Å². The third-order valence-electron chi connectivity index (χ3n) is 8.52. The molecule has 0 heterocycles. The summed E-state index contributed by atoms with van der Waals surface area (Å²) in [7, 11) is -4.73. The number of hydrogen-bond acceptors (Lipinski definition) is 5. The van der Waals surface area contributed by atoms with E-state index >= 15 is 0 Å². The molecular formula is C36H74CaO5P2+2. The van der Waals surface area contributed by atoms with E-state index in [2.05, 4.69) is 13.8 Å². The molecule has 0 aliphatic rings. The molecule has 8 heteroatoms. The molecular weight excluding hydrogens is 614 g/mol. The van der Waals surface area contributed by atoms with Crippen LogP contribution in [0.3, 0.4) is 0 Å². The summed E-state index contributed by atoms with van der Waals surface area (Å²) in [5.41, 5.74) is 0. The van der Waals surface area contributed by atoms with Gasteiger partial charge in [-0.2, -0.15) is 0 Å². The fourth-order valence-corrected chi connectivity index (χ4v) is 7.05. The van der Waals surface area contributed by atoms with Crippen LogP contribution in [0.15, 0.2) is 0 Å². The number of rotatable bonds is 38. The summed E-state index contributed by atoms with van der Waals surface area (Å²) in [6.07, 6.45) is 42.1. The van der Waals surface area contributed by atoms with E-state index in [0.717, 1.165) is 25.7 Å². The second kappa shape index (κ2) is 42.4. The van der Waals surface area contributed by atoms with Crippen molar-refractivity contribution in [2.45, 2.75) is 219 Å². The van der Waals surface area contributed by atoms with Crippen molar-refractivity contribution >= 4 is 54.2 Å². The summed E-state index contributed by atoms with van der Waals surface area (Å²) in [6.45, 7) is 5.32. The van der Waals surface area contributed by atoms with E-state index in [4.69, 9.17) is 13.4 Å². The normalized spacial score (nSPS) is 12.0. The minimum atomic E-state index is -2.37. The Morgan fingerprint density at radius 3 is 0.705 bits per heavy atom. The van der Waals surface area contributed by atoms with Crippen LogP contribution >= 0.6 is 16.5 Å². The first-order chi connectivity index (χ1) is 21.2. The zero-order valence-corrected chi connectivity index (χ0v) is 33.7. The summed E-state index contributed by atoms with van der Waals surface area (Å²) < 4.78 is 38.9. The van der Waals surface area contributed by atoms with E-state index in [1.54, 1.807) is 0 Å². The average molecular weight is 689 g/mol. The third-order valence-corrected chi connectivity index (χ3v) is 10.4. The van der Waals surface area contributed by atoms with Gasteiger partial charge in [0.25, 0.3) is 0 Å². The van der Waals surface area contributed by atoms with Crippen molar-refractivity contribution in [2.24, 2.45) is 0 Å². The Morgan fingerprint density at radius 1 is 0.318 bits per heavy atom. The van der Waals surface area contributed by atoms with Gasteiger partial charge in [0.15, 0.2) is 4.31 Å². The van der Waals surface area contributed by atoms with Gasteiger partial charge < -0.3 is 0 Å². The standard InChI is InChI=1S/C36H74O5P2.Ca/c1-3-5-7-9-11-13-15-17-19-21-23-25-27-29-31-33-35-39-42(37)41-43(38)40-36-34-32-30-28-26-24-22-20-18-16-14-12-10-8-6-4-2;/h3-36H2,1-2H3;/q+2;. The van der Waals surface area contributed by atoms with Crippen LogP contribution in [0.25, 0.3) is 0 Å². The van der Waals surface area contributed by atoms with E-state index in [0.29, 0.717) is 13.2 Å². The predicted molar refractivity (Wildman–Crippen MR) is 193 cm³/mol. The molecule has 0 bridgehead atoms. The summed E-state index contributed by atoms with van der Waals surface area (Å²) in [4.78, 5) is 0. The zero-order valence-electron chi connectivity index (χ0n) is 29.7. The van der Waals surface area contributed by atoms with Gasteiger partial charge in [0.1, 0.15) is 13.2 Å². The van der Waals surface area contributed by atoms with Crippen LogP contribution in [-0.4, -0.2) is 51.0 Å². The van der Waals surface area contributed by atoms with Crippen molar-refractivity contribution in [2.75, 3.05) is 13.2 Å². The molecule has 258 valence electrons. The monoisotopic (exact) mass is 688 g/mol. The summed E-state index contributed by atoms with van der Waals surface area (Å²) in [6, 6.07) is 0. The van der Waals surface area contributed by atoms with Crippen LogP contribution < -0.4 is 0 Å². The van der Waals surface area contributed by atoms with E-state index in [1.165, 1.54) is 180 Å². The van der Waals surface area contributed by atoms with Crippen LogP contribution in [0, 0.1) is 0 Å². The van der Waals surface area contributed by atoms with Crippen molar-refractivity contribution in [3.05, 3.63) is 0 Å². The van der Waals surface area contributed by atoms with E-state index in [1.807, 2.05) is 0 Å². The quantitative estimate of drug-likeness (QED) is 0.0367. The fourth-order valence-electron chi connectivity index (χ4n) is 5.68. The first kappa shape index (κ1) is 47.5. The zero-order chi connectivity index (χ0) is 31.3. The van der Waals surface area contributed by atoms with Crippen molar-refractivity contribution in [3.63, 3.8) is 0 Å². The maximum Gasteiger partial charge on any atom is 0.747 e. The molecule has 0 amide bonds. The van der Waals surface area contributed by atoms with Gasteiger partial charge in [-0.15, -0.1) is 9.05 Å². The molecule has 0 aromatic rings. The number of hydrogen-bond donors (Lipinski definition) is 0. The Bertz CT molecular complexity index is 535. The van der Waals surface area contributed by atoms with Crippen molar-refractivity contribution in [1.29, 1.82) is 0 Å². The maximum atomic E-state index is 11.8. The Kier molecular flexibility index (Phi) is 45.7. The van der Waals surface area contributed by atoms with Gasteiger partial charge in [0.05, 0.1) is 0 Å². The molecule has 5 nitrogen and oxygen atoms in total. The first-order valence-electron chi connectivity index (χ1n) is 19.1. The smallest absolute Gasteiger partial charge is 0.116 e. The maximum absolute atomic E-state index is 11.8. The van der Waals surface area contributed by atoms with Crippen LogP contribution in [-0.2, 0) is 22.5 Å². The molecule has 44 heavy (non-hydrogen) atoms. The van der Waals surface area contributed by atoms with Gasteiger partial charge in [-0.1, -0.05) is 206 Å². The number of unbranched alkanes of at least 4 members (excludes halogenated alkanes) is 30. The van der Waals surface area contributed by atoms with Crippen LogP contribution in [0.4, 0.5) is 0 Å². The summed E-state index contributed by atoms with van der Waals surface area (Å²) in [5, 5.41) is 0. The van der Waals surface area contributed by atoms with E-state index in [9.17, 15) is 9.13 Å². The minimum absolute atomic E-state index is 0. The third kappa shape index (κ3) is 41.4.